The number of nitrogens with zero attached hydrogens (tertiary/aromatic N) is 1. The molecule has 1 amide bonds. The molecule has 1 N–H and O–H groups in total. The fraction of sp³-hybridized carbons (Fsp3) is 0.611. The van der Waals surface area contributed by atoms with Crippen LogP contribution in [-0.2, 0) is 4.79 Å². The fourth-order valence-corrected chi connectivity index (χ4v) is 3.75. The Balaban J connectivity index is 1.27. The van der Waals surface area contributed by atoms with Crippen LogP contribution in [0.5, 0.6) is 0 Å². The third kappa shape index (κ3) is 3.02. The lowest BCUT2D eigenvalue weighted by Gasteiger charge is -2.32. The topological polar surface area (TPSA) is 32.3 Å². The molecule has 0 spiro atoms. The van der Waals surface area contributed by atoms with E-state index >= 15 is 0 Å². The van der Waals surface area contributed by atoms with Crippen LogP contribution in [0.1, 0.15) is 43.6 Å². The van der Waals surface area contributed by atoms with Gasteiger partial charge in [-0.3, -0.25) is 4.79 Å². The molecular formula is C18H23FN2O. The highest BCUT2D eigenvalue weighted by atomic mass is 19.1. The highest BCUT2D eigenvalue weighted by Gasteiger charge is 2.44. The largest absolute Gasteiger partial charge is 0.353 e. The van der Waals surface area contributed by atoms with Crippen molar-refractivity contribution >= 4 is 5.91 Å². The summed E-state index contributed by atoms with van der Waals surface area (Å²) in [7, 11) is 0. The summed E-state index contributed by atoms with van der Waals surface area (Å²) in [5, 5.41) is 3.22. The summed E-state index contributed by atoms with van der Waals surface area (Å²) >= 11 is 0. The van der Waals surface area contributed by atoms with Crippen LogP contribution in [0, 0.1) is 11.7 Å². The Kier molecular flexibility index (Phi) is 3.65. The van der Waals surface area contributed by atoms with Gasteiger partial charge in [-0.25, -0.2) is 4.39 Å². The molecule has 0 radical (unpaired) electrons. The molecule has 22 heavy (non-hydrogen) atoms. The van der Waals surface area contributed by atoms with Gasteiger partial charge in [-0.1, -0.05) is 12.1 Å². The first kappa shape index (κ1) is 14.2. The molecule has 3 fully saturated rings. The molecule has 4 heteroatoms. The predicted molar refractivity (Wildman–Crippen MR) is 83.0 cm³/mol. The summed E-state index contributed by atoms with van der Waals surface area (Å²) in [5.41, 5.74) is 0.962. The summed E-state index contributed by atoms with van der Waals surface area (Å²) in [4.78, 5) is 14.9. The fourth-order valence-electron chi connectivity index (χ4n) is 3.75. The number of piperidine rings is 1. The average molecular weight is 302 g/mol. The molecule has 1 aromatic carbocycles. The van der Waals surface area contributed by atoms with E-state index < -0.39 is 0 Å². The maximum atomic E-state index is 13.3. The lowest BCUT2D eigenvalue weighted by molar-refractivity contribution is -0.123. The van der Waals surface area contributed by atoms with Crippen LogP contribution < -0.4 is 5.32 Å². The van der Waals surface area contributed by atoms with Gasteiger partial charge in [0.25, 0.3) is 0 Å². The molecule has 1 aliphatic heterocycles. The molecule has 1 saturated heterocycles. The molecule has 0 unspecified atom stereocenters. The average Bonchev–Trinajstić information content (AvgIpc) is 3.39. The van der Waals surface area contributed by atoms with E-state index in [-0.39, 0.29) is 23.6 Å². The third-order valence-electron chi connectivity index (χ3n) is 5.34. The normalized spacial score (nSPS) is 29.3. The smallest absolute Gasteiger partial charge is 0.223 e. The molecule has 118 valence electrons. The maximum Gasteiger partial charge on any atom is 0.223 e. The molecule has 4 rings (SSSR count). The Hall–Kier alpha value is -1.42. The maximum absolute atomic E-state index is 13.3. The van der Waals surface area contributed by atoms with Crippen molar-refractivity contribution in [3.8, 4) is 0 Å². The van der Waals surface area contributed by atoms with E-state index in [0.29, 0.717) is 6.04 Å². The number of nitrogens with one attached hydrogen (secondary N) is 1. The van der Waals surface area contributed by atoms with Gasteiger partial charge in [-0.15, -0.1) is 0 Å². The van der Waals surface area contributed by atoms with Crippen LogP contribution >= 0.6 is 0 Å². The third-order valence-corrected chi connectivity index (χ3v) is 5.34. The van der Waals surface area contributed by atoms with Gasteiger partial charge in [0.2, 0.25) is 5.91 Å². The Bertz CT molecular complexity index is 564. The van der Waals surface area contributed by atoms with Crippen LogP contribution in [-0.4, -0.2) is 36.0 Å². The summed E-state index contributed by atoms with van der Waals surface area (Å²) in [6, 6.07) is 7.83. The number of amides is 1. The van der Waals surface area contributed by atoms with Gasteiger partial charge in [-0.05, 0) is 55.7 Å². The summed E-state index contributed by atoms with van der Waals surface area (Å²) in [5.74, 6) is 0.209. The number of carbonyl (C=O) groups is 1. The van der Waals surface area contributed by atoms with Crippen molar-refractivity contribution in [1.29, 1.82) is 0 Å². The van der Waals surface area contributed by atoms with Crippen molar-refractivity contribution in [3.63, 3.8) is 0 Å². The SMILES string of the molecule is O=C(NC1CCN(C2CC2)CC1)[C@H]1C[C@@H]1c1cccc(F)c1. The highest BCUT2D eigenvalue weighted by molar-refractivity contribution is 5.83. The molecule has 0 aromatic heterocycles. The van der Waals surface area contributed by atoms with Crippen molar-refractivity contribution in [3.05, 3.63) is 35.6 Å². The van der Waals surface area contributed by atoms with Gasteiger partial charge in [0.05, 0.1) is 0 Å². The van der Waals surface area contributed by atoms with Gasteiger partial charge in [0.15, 0.2) is 0 Å². The van der Waals surface area contributed by atoms with Gasteiger partial charge >= 0.3 is 0 Å². The second-order valence-corrected chi connectivity index (χ2v) is 7.05. The monoisotopic (exact) mass is 302 g/mol. The van der Waals surface area contributed by atoms with E-state index in [1.165, 1.54) is 18.9 Å². The zero-order valence-electron chi connectivity index (χ0n) is 12.8. The zero-order valence-corrected chi connectivity index (χ0v) is 12.8. The molecule has 0 bridgehead atoms. The second kappa shape index (κ2) is 5.65. The van der Waals surface area contributed by atoms with Gasteiger partial charge in [0.1, 0.15) is 5.82 Å². The van der Waals surface area contributed by atoms with E-state index in [0.717, 1.165) is 44.0 Å². The number of hydrogen-bond acceptors (Lipinski definition) is 2. The van der Waals surface area contributed by atoms with Gasteiger partial charge in [-0.2, -0.15) is 0 Å². The molecule has 2 aliphatic carbocycles. The minimum absolute atomic E-state index is 0.0447. The highest BCUT2D eigenvalue weighted by Crippen LogP contribution is 2.47. The first-order chi connectivity index (χ1) is 10.7. The van der Waals surface area contributed by atoms with E-state index in [1.807, 2.05) is 6.07 Å². The number of likely N-dealkylation sites (tertiary alicyclic amines) is 1. The minimum atomic E-state index is -0.212. The Morgan fingerprint density at radius 2 is 1.95 bits per heavy atom. The molecule has 2 saturated carbocycles. The van der Waals surface area contributed by atoms with Crippen molar-refractivity contribution < 1.29 is 9.18 Å². The standard InChI is InChI=1S/C18H23FN2O/c19-13-3-1-2-12(10-13)16-11-17(16)18(22)20-14-6-8-21(9-7-14)15-4-5-15/h1-3,10,14-17H,4-9,11H2,(H,20,22)/t16-,17+/m1/s1. The molecule has 1 aromatic rings. The van der Waals surface area contributed by atoms with Crippen molar-refractivity contribution in [1.82, 2.24) is 10.2 Å². The van der Waals surface area contributed by atoms with Crippen molar-refractivity contribution in [2.24, 2.45) is 5.92 Å². The number of carbonyl (C=O) groups excluding carboxylic acids is 1. The number of benzene rings is 1. The zero-order chi connectivity index (χ0) is 15.1. The second-order valence-electron chi connectivity index (χ2n) is 7.05. The molecule has 3 nitrogen and oxygen atoms in total. The molecule has 1 heterocycles. The first-order valence-electron chi connectivity index (χ1n) is 8.50. The first-order valence-corrected chi connectivity index (χ1v) is 8.50. The van der Waals surface area contributed by atoms with E-state index in [2.05, 4.69) is 10.2 Å². The number of hydrogen-bond donors (Lipinski definition) is 1. The van der Waals surface area contributed by atoms with E-state index in [1.54, 1.807) is 12.1 Å². The molecular weight excluding hydrogens is 279 g/mol. The van der Waals surface area contributed by atoms with E-state index in [4.69, 9.17) is 0 Å². The van der Waals surface area contributed by atoms with Gasteiger partial charge < -0.3 is 10.2 Å². The van der Waals surface area contributed by atoms with Crippen LogP contribution in [0.4, 0.5) is 4.39 Å². The molecule has 2 atom stereocenters. The van der Waals surface area contributed by atoms with E-state index in [9.17, 15) is 9.18 Å². The Morgan fingerprint density at radius 3 is 2.64 bits per heavy atom. The van der Waals surface area contributed by atoms with Crippen molar-refractivity contribution in [2.75, 3.05) is 13.1 Å². The lowest BCUT2D eigenvalue weighted by atomic mass is 10.0. The minimum Gasteiger partial charge on any atom is -0.353 e. The number of rotatable bonds is 4. The van der Waals surface area contributed by atoms with Crippen LogP contribution in [0.3, 0.4) is 0 Å². The Labute approximate surface area is 130 Å². The van der Waals surface area contributed by atoms with Crippen LogP contribution in [0.25, 0.3) is 0 Å². The molecule has 3 aliphatic rings. The summed E-state index contributed by atoms with van der Waals surface area (Å²) in [6.45, 7) is 2.24. The Morgan fingerprint density at radius 1 is 1.18 bits per heavy atom. The lowest BCUT2D eigenvalue weighted by Crippen LogP contribution is -2.45. The van der Waals surface area contributed by atoms with Crippen LogP contribution in [0.2, 0.25) is 0 Å². The van der Waals surface area contributed by atoms with Crippen molar-refractivity contribution in [2.45, 2.75) is 50.1 Å². The quantitative estimate of drug-likeness (QED) is 0.927. The predicted octanol–water partition coefficient (Wildman–Crippen LogP) is 2.67. The summed E-state index contributed by atoms with van der Waals surface area (Å²) in [6.07, 6.45) is 5.71. The summed E-state index contributed by atoms with van der Waals surface area (Å²) < 4.78 is 13.3. The van der Waals surface area contributed by atoms with Crippen LogP contribution in [0.15, 0.2) is 24.3 Å². The number of halogens is 1. The van der Waals surface area contributed by atoms with Gasteiger partial charge in [0, 0.05) is 31.1 Å².